The van der Waals surface area contributed by atoms with E-state index >= 15 is 0 Å². The van der Waals surface area contributed by atoms with Crippen LogP contribution in [0.15, 0.2) is 11.1 Å². The van der Waals surface area contributed by atoms with E-state index < -0.39 is 0 Å². The fraction of sp³-hybridized carbons (Fsp3) is 0.455. The van der Waals surface area contributed by atoms with E-state index in [0.717, 1.165) is 17.8 Å². The van der Waals surface area contributed by atoms with Gasteiger partial charge in [0.2, 0.25) is 0 Å². The predicted octanol–water partition coefficient (Wildman–Crippen LogP) is 3.27. The zero-order valence-electron chi connectivity index (χ0n) is 8.99. The molecule has 1 aromatic heterocycles. The van der Waals surface area contributed by atoms with Crippen LogP contribution < -0.4 is 0 Å². The molecule has 0 radical (unpaired) electrons. The van der Waals surface area contributed by atoms with E-state index in [0.29, 0.717) is 12.2 Å². The van der Waals surface area contributed by atoms with E-state index in [1.165, 1.54) is 11.3 Å². The Hall–Kier alpha value is -1.34. The van der Waals surface area contributed by atoms with Gasteiger partial charge >= 0.3 is 0 Å². The fourth-order valence-corrected chi connectivity index (χ4v) is 2.18. The summed E-state index contributed by atoms with van der Waals surface area (Å²) in [6, 6.07) is 4.05. The van der Waals surface area contributed by atoms with Gasteiger partial charge in [-0.3, -0.25) is 0 Å². The van der Waals surface area contributed by atoms with Gasteiger partial charge in [-0.25, -0.2) is 4.99 Å². The summed E-state index contributed by atoms with van der Waals surface area (Å²) in [5.41, 5.74) is 0.638. The zero-order chi connectivity index (χ0) is 11.1. The SMILES string of the molecule is CCCc1cc(C#N)c(/N=C/OCC)s1. The lowest BCUT2D eigenvalue weighted by Crippen LogP contribution is -1.83. The monoisotopic (exact) mass is 222 g/mol. The first-order valence-electron chi connectivity index (χ1n) is 4.98. The number of hydrogen-bond donors (Lipinski definition) is 0. The second kappa shape index (κ2) is 6.20. The van der Waals surface area contributed by atoms with Crippen LogP contribution in [0.3, 0.4) is 0 Å². The molecule has 0 amide bonds. The molecule has 0 atom stereocenters. The summed E-state index contributed by atoms with van der Waals surface area (Å²) in [7, 11) is 0. The zero-order valence-corrected chi connectivity index (χ0v) is 9.80. The van der Waals surface area contributed by atoms with E-state index in [2.05, 4.69) is 18.0 Å². The van der Waals surface area contributed by atoms with Gasteiger partial charge in [-0.2, -0.15) is 5.26 Å². The third kappa shape index (κ3) is 3.37. The standard InChI is InChI=1S/C11H14N2OS/c1-3-5-10-6-9(7-12)11(15-10)13-8-14-4-2/h6,8H,3-5H2,1-2H3/b13-8+. The van der Waals surface area contributed by atoms with Crippen LogP contribution in [0, 0.1) is 11.3 Å². The molecule has 0 N–H and O–H groups in total. The molecule has 4 heteroatoms. The molecule has 0 aliphatic heterocycles. The highest BCUT2D eigenvalue weighted by Crippen LogP contribution is 2.30. The van der Waals surface area contributed by atoms with E-state index in [9.17, 15) is 0 Å². The van der Waals surface area contributed by atoms with Gasteiger partial charge in [0.1, 0.15) is 11.1 Å². The maximum absolute atomic E-state index is 8.90. The topological polar surface area (TPSA) is 45.4 Å². The van der Waals surface area contributed by atoms with Gasteiger partial charge in [0.25, 0.3) is 0 Å². The van der Waals surface area contributed by atoms with Crippen molar-refractivity contribution in [3.63, 3.8) is 0 Å². The third-order valence-electron chi connectivity index (χ3n) is 1.79. The maximum Gasteiger partial charge on any atom is 0.175 e. The lowest BCUT2D eigenvalue weighted by atomic mass is 10.2. The van der Waals surface area contributed by atoms with Crippen molar-refractivity contribution in [2.24, 2.45) is 4.99 Å². The lowest BCUT2D eigenvalue weighted by Gasteiger charge is -1.90. The Morgan fingerprint density at radius 2 is 2.40 bits per heavy atom. The first kappa shape index (κ1) is 11.7. The van der Waals surface area contributed by atoms with Gasteiger partial charge in [-0.15, -0.1) is 11.3 Å². The van der Waals surface area contributed by atoms with Crippen LogP contribution in [-0.4, -0.2) is 13.0 Å². The second-order valence-corrected chi connectivity index (χ2v) is 4.10. The van der Waals surface area contributed by atoms with Crippen molar-refractivity contribution in [3.8, 4) is 6.07 Å². The van der Waals surface area contributed by atoms with Gasteiger partial charge in [0.15, 0.2) is 6.40 Å². The molecule has 0 saturated heterocycles. The quantitative estimate of drug-likeness (QED) is 0.567. The van der Waals surface area contributed by atoms with Gasteiger partial charge in [0.05, 0.1) is 12.2 Å². The predicted molar refractivity (Wildman–Crippen MR) is 62.8 cm³/mol. The molecule has 0 aliphatic rings. The third-order valence-corrected chi connectivity index (χ3v) is 2.89. The molecule has 0 aliphatic carbocycles. The number of aryl methyl sites for hydroxylation is 1. The highest BCUT2D eigenvalue weighted by molar-refractivity contribution is 7.16. The van der Waals surface area contributed by atoms with Gasteiger partial charge in [-0.05, 0) is 19.4 Å². The molecule has 0 spiro atoms. The fourth-order valence-electron chi connectivity index (χ4n) is 1.14. The van der Waals surface area contributed by atoms with Crippen molar-refractivity contribution in [1.29, 1.82) is 5.26 Å². The normalized spacial score (nSPS) is 10.5. The van der Waals surface area contributed by atoms with Crippen LogP contribution in [0.25, 0.3) is 0 Å². The summed E-state index contributed by atoms with van der Waals surface area (Å²) in [4.78, 5) is 5.32. The van der Waals surface area contributed by atoms with Crippen LogP contribution in [-0.2, 0) is 11.2 Å². The molecule has 0 aromatic carbocycles. The Labute approximate surface area is 94.0 Å². The average molecular weight is 222 g/mol. The number of aliphatic imine (C=N–C) groups is 1. The average Bonchev–Trinajstić information content (AvgIpc) is 2.62. The van der Waals surface area contributed by atoms with E-state index in [1.54, 1.807) is 11.3 Å². The first-order valence-corrected chi connectivity index (χ1v) is 5.80. The number of ether oxygens (including phenoxy) is 1. The summed E-state index contributed by atoms with van der Waals surface area (Å²) in [5.74, 6) is 0. The van der Waals surface area contributed by atoms with E-state index in [4.69, 9.17) is 10.00 Å². The second-order valence-electron chi connectivity index (χ2n) is 2.98. The van der Waals surface area contributed by atoms with Crippen molar-refractivity contribution in [2.75, 3.05) is 6.61 Å². The minimum Gasteiger partial charge on any atom is -0.483 e. The Bertz CT molecular complexity index is 376. The van der Waals surface area contributed by atoms with Gasteiger partial charge in [0, 0.05) is 4.88 Å². The Kier molecular flexibility index (Phi) is 4.85. The summed E-state index contributed by atoms with van der Waals surface area (Å²) >= 11 is 1.56. The number of nitrogens with zero attached hydrogens (tertiary/aromatic N) is 2. The molecule has 80 valence electrons. The van der Waals surface area contributed by atoms with Gasteiger partial charge in [-0.1, -0.05) is 13.3 Å². The van der Waals surface area contributed by atoms with Crippen LogP contribution in [0.4, 0.5) is 5.00 Å². The van der Waals surface area contributed by atoms with Crippen molar-refractivity contribution >= 4 is 22.7 Å². The molecular formula is C11H14N2OS. The van der Waals surface area contributed by atoms with Crippen LogP contribution in [0.1, 0.15) is 30.7 Å². The molecule has 0 unspecified atom stereocenters. The van der Waals surface area contributed by atoms with E-state index in [-0.39, 0.29) is 0 Å². The van der Waals surface area contributed by atoms with E-state index in [1.807, 2.05) is 13.0 Å². The number of rotatable bonds is 5. The minimum absolute atomic E-state index is 0.596. The highest BCUT2D eigenvalue weighted by Gasteiger charge is 2.06. The smallest absolute Gasteiger partial charge is 0.175 e. The molecule has 3 nitrogen and oxygen atoms in total. The van der Waals surface area contributed by atoms with Crippen LogP contribution in [0.2, 0.25) is 0 Å². The summed E-state index contributed by atoms with van der Waals surface area (Å²) < 4.78 is 5.01. The number of thiophene rings is 1. The van der Waals surface area contributed by atoms with Crippen molar-refractivity contribution < 1.29 is 4.74 Å². The summed E-state index contributed by atoms with van der Waals surface area (Å²) in [6.07, 6.45) is 3.49. The molecular weight excluding hydrogens is 208 g/mol. The van der Waals surface area contributed by atoms with Gasteiger partial charge < -0.3 is 4.74 Å². The molecule has 0 bridgehead atoms. The molecule has 0 fully saturated rings. The Morgan fingerprint density at radius 3 is 3.00 bits per heavy atom. The van der Waals surface area contributed by atoms with Crippen LogP contribution in [0.5, 0.6) is 0 Å². The molecule has 1 aromatic rings. The van der Waals surface area contributed by atoms with Crippen molar-refractivity contribution in [1.82, 2.24) is 0 Å². The summed E-state index contributed by atoms with van der Waals surface area (Å²) in [6.45, 7) is 4.61. The first-order chi connectivity index (χ1) is 7.31. The lowest BCUT2D eigenvalue weighted by molar-refractivity contribution is 0.344. The maximum atomic E-state index is 8.90. The van der Waals surface area contributed by atoms with Crippen molar-refractivity contribution in [3.05, 3.63) is 16.5 Å². The van der Waals surface area contributed by atoms with Crippen molar-refractivity contribution in [2.45, 2.75) is 26.7 Å². The molecule has 0 saturated carbocycles. The highest BCUT2D eigenvalue weighted by atomic mass is 32.1. The minimum atomic E-state index is 0.596. The number of hydrogen-bond acceptors (Lipinski definition) is 4. The Balaban J connectivity index is 2.81. The summed E-state index contributed by atoms with van der Waals surface area (Å²) in [5, 5.41) is 9.64. The van der Waals surface area contributed by atoms with Crippen LogP contribution >= 0.6 is 11.3 Å². The molecule has 1 rings (SSSR count). The Morgan fingerprint density at radius 1 is 1.60 bits per heavy atom. The molecule has 15 heavy (non-hydrogen) atoms. The largest absolute Gasteiger partial charge is 0.483 e. The number of nitriles is 1. The molecule has 1 heterocycles.